The molecule has 0 aromatic carbocycles. The average Bonchev–Trinajstić information content (AvgIpc) is 2.81. The molecule has 27 heavy (non-hydrogen) atoms. The molecule has 1 amide bonds. The molecule has 156 valence electrons. The van der Waals surface area contributed by atoms with Crippen molar-refractivity contribution >= 4 is 6.09 Å². The van der Waals surface area contributed by atoms with E-state index < -0.39 is 35.9 Å². The quantitative estimate of drug-likeness (QED) is 0.711. The lowest BCUT2D eigenvalue weighted by atomic mass is 9.83. The fraction of sp³-hybridized carbons (Fsp3) is 0.850. The van der Waals surface area contributed by atoms with E-state index in [0.29, 0.717) is 6.61 Å². The highest BCUT2D eigenvalue weighted by Crippen LogP contribution is 2.35. The SMILES string of the molecule is C/C(=C\[C@@H]1COC(C)(C)N1C(=O)OC(C)(C)C)[C@@H]1OC(O)[C@H](C)[C@H](O)[C@H]1C. The van der Waals surface area contributed by atoms with Gasteiger partial charge in [-0.25, -0.2) is 4.79 Å². The topological polar surface area (TPSA) is 88.5 Å². The third kappa shape index (κ3) is 4.83. The Balaban J connectivity index is 2.23. The Morgan fingerprint density at radius 3 is 2.37 bits per heavy atom. The largest absolute Gasteiger partial charge is 0.444 e. The van der Waals surface area contributed by atoms with Gasteiger partial charge in [0.25, 0.3) is 0 Å². The van der Waals surface area contributed by atoms with Gasteiger partial charge in [0.2, 0.25) is 0 Å². The molecule has 2 fully saturated rings. The van der Waals surface area contributed by atoms with Crippen LogP contribution in [0.4, 0.5) is 4.79 Å². The van der Waals surface area contributed by atoms with Crippen LogP contribution in [0.25, 0.3) is 0 Å². The van der Waals surface area contributed by atoms with E-state index in [1.807, 2.05) is 54.5 Å². The summed E-state index contributed by atoms with van der Waals surface area (Å²) >= 11 is 0. The van der Waals surface area contributed by atoms with Crippen molar-refractivity contribution in [2.24, 2.45) is 11.8 Å². The summed E-state index contributed by atoms with van der Waals surface area (Å²) in [5.74, 6) is -0.527. The molecule has 0 radical (unpaired) electrons. The van der Waals surface area contributed by atoms with Crippen LogP contribution in [0.2, 0.25) is 0 Å². The number of rotatable bonds is 2. The van der Waals surface area contributed by atoms with Crippen LogP contribution >= 0.6 is 0 Å². The summed E-state index contributed by atoms with van der Waals surface area (Å²) in [7, 11) is 0. The molecule has 6 atom stereocenters. The first-order chi connectivity index (χ1) is 12.2. The van der Waals surface area contributed by atoms with Crippen molar-refractivity contribution < 1.29 is 29.2 Å². The number of hydrogen-bond acceptors (Lipinski definition) is 6. The normalized spacial score (nSPS) is 37.4. The Kier molecular flexibility index (Phi) is 6.31. The number of carbonyl (C=O) groups is 1. The Morgan fingerprint density at radius 2 is 1.81 bits per heavy atom. The van der Waals surface area contributed by atoms with Crippen molar-refractivity contribution in [3.05, 3.63) is 11.6 Å². The number of aliphatic hydroxyl groups excluding tert-OH is 2. The predicted octanol–water partition coefficient (Wildman–Crippen LogP) is 2.66. The number of hydrogen-bond donors (Lipinski definition) is 2. The van der Waals surface area contributed by atoms with Gasteiger partial charge < -0.3 is 24.4 Å². The van der Waals surface area contributed by atoms with E-state index in [9.17, 15) is 15.0 Å². The highest BCUT2D eigenvalue weighted by atomic mass is 16.6. The minimum absolute atomic E-state index is 0.176. The lowest BCUT2D eigenvalue weighted by Gasteiger charge is -2.41. The van der Waals surface area contributed by atoms with E-state index in [2.05, 4.69) is 0 Å². The smallest absolute Gasteiger partial charge is 0.413 e. The molecule has 0 aromatic rings. The minimum Gasteiger partial charge on any atom is -0.444 e. The van der Waals surface area contributed by atoms with E-state index in [-0.39, 0.29) is 17.9 Å². The summed E-state index contributed by atoms with van der Waals surface area (Å²) < 4.78 is 17.1. The molecule has 2 saturated heterocycles. The number of ether oxygens (including phenoxy) is 3. The summed E-state index contributed by atoms with van der Waals surface area (Å²) in [4.78, 5) is 14.3. The molecule has 1 unspecified atom stereocenters. The molecule has 0 aliphatic carbocycles. The van der Waals surface area contributed by atoms with Gasteiger partial charge in [0.05, 0.1) is 24.9 Å². The first-order valence-corrected chi connectivity index (χ1v) is 9.61. The lowest BCUT2D eigenvalue weighted by molar-refractivity contribution is -0.231. The van der Waals surface area contributed by atoms with Crippen LogP contribution in [0, 0.1) is 11.8 Å². The van der Waals surface area contributed by atoms with Crippen molar-refractivity contribution in [2.45, 2.75) is 91.3 Å². The maximum absolute atomic E-state index is 12.7. The number of carbonyl (C=O) groups excluding carboxylic acids is 1. The third-order valence-corrected chi connectivity index (χ3v) is 5.30. The van der Waals surface area contributed by atoms with Crippen molar-refractivity contribution in [1.82, 2.24) is 4.90 Å². The second-order valence-corrected chi connectivity index (χ2v) is 9.24. The molecule has 2 N–H and O–H groups in total. The summed E-state index contributed by atoms with van der Waals surface area (Å²) in [5.41, 5.74) is -0.562. The Morgan fingerprint density at radius 1 is 1.22 bits per heavy atom. The summed E-state index contributed by atoms with van der Waals surface area (Å²) in [6.07, 6.45) is -0.654. The molecule has 0 saturated carbocycles. The van der Waals surface area contributed by atoms with Crippen LogP contribution in [0.5, 0.6) is 0 Å². The zero-order valence-electron chi connectivity index (χ0n) is 17.7. The third-order valence-electron chi connectivity index (χ3n) is 5.30. The second kappa shape index (κ2) is 7.70. The van der Waals surface area contributed by atoms with E-state index in [4.69, 9.17) is 14.2 Å². The van der Waals surface area contributed by atoms with Gasteiger partial charge in [-0.3, -0.25) is 4.90 Å². The van der Waals surface area contributed by atoms with Gasteiger partial charge in [0.15, 0.2) is 6.29 Å². The average molecular weight is 386 g/mol. The van der Waals surface area contributed by atoms with Crippen molar-refractivity contribution in [3.63, 3.8) is 0 Å². The fourth-order valence-corrected chi connectivity index (χ4v) is 3.77. The number of amides is 1. The highest BCUT2D eigenvalue weighted by molar-refractivity contribution is 5.70. The van der Waals surface area contributed by atoms with Crippen LogP contribution in [-0.2, 0) is 14.2 Å². The van der Waals surface area contributed by atoms with Crippen LogP contribution in [-0.4, -0.2) is 63.7 Å². The maximum Gasteiger partial charge on any atom is 0.413 e. The van der Waals surface area contributed by atoms with E-state index >= 15 is 0 Å². The standard InChI is InChI=1S/C20H35NO6/c1-11(16-12(2)15(22)13(3)17(23)26-16)9-14-10-25-20(7,8)21(14)18(24)27-19(4,5)6/h9,12-17,22-23H,10H2,1-8H3/b11-9+/t12-,13-,14-,15-,16+,17?/m1/s1. The zero-order valence-corrected chi connectivity index (χ0v) is 17.7. The van der Waals surface area contributed by atoms with Gasteiger partial charge in [-0.15, -0.1) is 0 Å². The molecule has 0 spiro atoms. The molecule has 0 aromatic heterocycles. The molecule has 2 aliphatic heterocycles. The van der Waals surface area contributed by atoms with Crippen molar-refractivity contribution in [3.8, 4) is 0 Å². The zero-order chi connectivity index (χ0) is 20.7. The van der Waals surface area contributed by atoms with Crippen LogP contribution in [0.3, 0.4) is 0 Å². The van der Waals surface area contributed by atoms with Gasteiger partial charge in [-0.05, 0) is 47.1 Å². The summed E-state index contributed by atoms with van der Waals surface area (Å²) in [6.45, 7) is 15.0. The molecular formula is C20H35NO6. The molecule has 7 nitrogen and oxygen atoms in total. The van der Waals surface area contributed by atoms with Gasteiger partial charge in [0.1, 0.15) is 11.3 Å². The van der Waals surface area contributed by atoms with Gasteiger partial charge in [-0.2, -0.15) is 0 Å². The summed E-state index contributed by atoms with van der Waals surface area (Å²) in [6, 6.07) is -0.320. The lowest BCUT2D eigenvalue weighted by Crippen LogP contribution is -2.50. The van der Waals surface area contributed by atoms with Crippen molar-refractivity contribution in [2.75, 3.05) is 6.61 Å². The first kappa shape index (κ1) is 22.1. The molecular weight excluding hydrogens is 350 g/mol. The molecule has 2 aliphatic rings. The Bertz CT molecular complexity index is 582. The maximum atomic E-state index is 12.7. The van der Waals surface area contributed by atoms with Gasteiger partial charge >= 0.3 is 6.09 Å². The molecule has 2 heterocycles. The summed E-state index contributed by atoms with van der Waals surface area (Å²) in [5, 5.41) is 20.4. The molecule has 0 bridgehead atoms. The molecule has 2 rings (SSSR count). The van der Waals surface area contributed by atoms with E-state index in [1.165, 1.54) is 0 Å². The molecule has 7 heteroatoms. The van der Waals surface area contributed by atoms with Crippen LogP contribution in [0.1, 0.15) is 55.4 Å². The van der Waals surface area contributed by atoms with Crippen LogP contribution in [0.15, 0.2) is 11.6 Å². The Labute approximate surface area is 162 Å². The number of nitrogens with zero attached hydrogens (tertiary/aromatic N) is 1. The minimum atomic E-state index is -1.03. The number of aliphatic hydroxyl groups is 2. The first-order valence-electron chi connectivity index (χ1n) is 9.61. The van der Waals surface area contributed by atoms with Gasteiger partial charge in [-0.1, -0.05) is 19.9 Å². The fourth-order valence-electron chi connectivity index (χ4n) is 3.77. The Hall–Kier alpha value is -1.15. The van der Waals surface area contributed by atoms with Crippen molar-refractivity contribution in [1.29, 1.82) is 0 Å². The van der Waals surface area contributed by atoms with E-state index in [1.54, 1.807) is 11.8 Å². The highest BCUT2D eigenvalue weighted by Gasteiger charge is 2.46. The van der Waals surface area contributed by atoms with Gasteiger partial charge in [0, 0.05) is 11.8 Å². The van der Waals surface area contributed by atoms with E-state index in [0.717, 1.165) is 5.57 Å². The predicted molar refractivity (Wildman–Crippen MR) is 101 cm³/mol. The van der Waals surface area contributed by atoms with Crippen LogP contribution < -0.4 is 0 Å². The second-order valence-electron chi connectivity index (χ2n) is 9.24. The monoisotopic (exact) mass is 385 g/mol.